The van der Waals surface area contributed by atoms with Crippen molar-refractivity contribution in [2.45, 2.75) is 58.2 Å². The molecule has 2 aromatic rings. The Morgan fingerprint density at radius 2 is 2.00 bits per heavy atom. The van der Waals surface area contributed by atoms with Gasteiger partial charge >= 0.3 is 0 Å². The van der Waals surface area contributed by atoms with E-state index in [9.17, 15) is 4.79 Å². The Balaban J connectivity index is 1.21. The Labute approximate surface area is 199 Å². The fraction of sp³-hybridized carbons (Fsp3) is 0.560. The first kappa shape index (κ1) is 21.6. The zero-order valence-electron chi connectivity index (χ0n) is 19.8. The number of nitrogens with zero attached hydrogens (tertiary/aromatic N) is 6. The van der Waals surface area contributed by atoms with E-state index < -0.39 is 0 Å². The number of nitrogens with two attached hydrogens (primary N) is 1. The molecule has 0 bridgehead atoms. The predicted molar refractivity (Wildman–Crippen MR) is 129 cm³/mol. The van der Waals surface area contributed by atoms with Crippen LogP contribution in [0.4, 0.5) is 11.5 Å². The lowest BCUT2D eigenvalue weighted by Crippen LogP contribution is -2.50. The lowest BCUT2D eigenvalue weighted by atomic mass is 9.73. The zero-order chi connectivity index (χ0) is 23.4. The summed E-state index contributed by atoms with van der Waals surface area (Å²) in [6, 6.07) is 3.89. The number of Topliss-reactive ketones (excluding diaryl/α,β-unsaturated/α-hetero) is 1. The summed E-state index contributed by atoms with van der Waals surface area (Å²) >= 11 is 0. The number of pyridine rings is 1. The SMILES string of the molecule is CC(=O)c1ccc2c(n1)CCCN2C1=NCc2nc(N3CCC4(CC3)CO[C@@H](C)[C@H]4N)cnc21. The summed E-state index contributed by atoms with van der Waals surface area (Å²) in [7, 11) is 0. The monoisotopic (exact) mass is 461 g/mol. The minimum atomic E-state index is -0.0116. The molecule has 4 aliphatic heterocycles. The van der Waals surface area contributed by atoms with Gasteiger partial charge in [0, 0.05) is 38.0 Å². The number of amidine groups is 1. The molecule has 4 aliphatic rings. The molecule has 9 nitrogen and oxygen atoms in total. The van der Waals surface area contributed by atoms with Crippen LogP contribution in [-0.2, 0) is 17.7 Å². The van der Waals surface area contributed by atoms with Gasteiger partial charge in [-0.25, -0.2) is 15.0 Å². The van der Waals surface area contributed by atoms with Crippen LogP contribution in [0.15, 0.2) is 23.3 Å². The number of aromatic nitrogens is 3. The molecule has 2 N–H and O–H groups in total. The number of anilines is 2. The molecule has 2 saturated heterocycles. The van der Waals surface area contributed by atoms with Gasteiger partial charge in [-0.1, -0.05) is 0 Å². The van der Waals surface area contributed by atoms with E-state index in [1.54, 1.807) is 13.0 Å². The standard InChI is InChI=1S/C25H31N7O2/c1-15(33)17-5-6-20-18(29-17)4-3-9-32(20)24-22-19(12-28-24)30-21(13-27-22)31-10-7-25(8-11-31)14-34-16(2)23(25)26/h5-6,13,16,23H,3-4,7-12,14,26H2,1-2H3/t16-,23+/m0/s1. The second-order valence-electron chi connectivity index (χ2n) is 10.0. The Morgan fingerprint density at radius 3 is 2.74 bits per heavy atom. The number of aliphatic imine (C=N–C) groups is 1. The van der Waals surface area contributed by atoms with Crippen molar-refractivity contribution < 1.29 is 9.53 Å². The van der Waals surface area contributed by atoms with E-state index in [1.807, 2.05) is 12.3 Å². The number of carbonyl (C=O) groups excluding carboxylic acids is 1. The highest BCUT2D eigenvalue weighted by Gasteiger charge is 2.47. The third-order valence-corrected chi connectivity index (χ3v) is 8.00. The van der Waals surface area contributed by atoms with Crippen molar-refractivity contribution >= 4 is 23.1 Å². The Bertz CT molecular complexity index is 1170. The number of fused-ring (bicyclic) bond motifs is 2. The zero-order valence-corrected chi connectivity index (χ0v) is 19.8. The summed E-state index contributed by atoms with van der Waals surface area (Å²) in [4.78, 5) is 35.5. The molecule has 2 atom stereocenters. The Kier molecular flexibility index (Phi) is 5.14. The lowest BCUT2D eigenvalue weighted by molar-refractivity contribution is 0.0974. The number of hydrogen-bond donors (Lipinski definition) is 1. The van der Waals surface area contributed by atoms with Gasteiger partial charge in [0.15, 0.2) is 11.6 Å². The average molecular weight is 462 g/mol. The summed E-state index contributed by atoms with van der Waals surface area (Å²) in [5, 5.41) is 0. The van der Waals surface area contributed by atoms with Gasteiger partial charge in [0.2, 0.25) is 0 Å². The first-order valence-electron chi connectivity index (χ1n) is 12.3. The second kappa shape index (κ2) is 8.09. The smallest absolute Gasteiger partial charge is 0.178 e. The van der Waals surface area contributed by atoms with Gasteiger partial charge < -0.3 is 20.3 Å². The quantitative estimate of drug-likeness (QED) is 0.678. The molecular weight excluding hydrogens is 430 g/mol. The van der Waals surface area contributed by atoms with Crippen molar-refractivity contribution in [1.29, 1.82) is 0 Å². The molecule has 0 aliphatic carbocycles. The van der Waals surface area contributed by atoms with Crippen LogP contribution < -0.4 is 15.5 Å². The van der Waals surface area contributed by atoms with Crippen LogP contribution in [0.25, 0.3) is 0 Å². The van der Waals surface area contributed by atoms with Crippen molar-refractivity contribution in [2.24, 2.45) is 16.1 Å². The van der Waals surface area contributed by atoms with Crippen molar-refractivity contribution in [3.8, 4) is 0 Å². The number of ether oxygens (including phenoxy) is 1. The van der Waals surface area contributed by atoms with Crippen LogP contribution in [0.2, 0.25) is 0 Å². The van der Waals surface area contributed by atoms with Crippen LogP contribution >= 0.6 is 0 Å². The minimum Gasteiger partial charge on any atom is -0.376 e. The van der Waals surface area contributed by atoms with E-state index >= 15 is 0 Å². The highest BCUT2D eigenvalue weighted by molar-refractivity contribution is 6.11. The second-order valence-corrected chi connectivity index (χ2v) is 10.0. The van der Waals surface area contributed by atoms with E-state index in [0.717, 1.165) is 86.3 Å². The van der Waals surface area contributed by atoms with Crippen LogP contribution in [-0.4, -0.2) is 65.0 Å². The number of aryl methyl sites for hydroxylation is 1. The molecule has 6 rings (SSSR count). The van der Waals surface area contributed by atoms with Crippen LogP contribution in [0.3, 0.4) is 0 Å². The normalized spacial score (nSPS) is 25.3. The van der Waals surface area contributed by atoms with Crippen LogP contribution in [0, 0.1) is 5.41 Å². The molecule has 0 radical (unpaired) electrons. The molecular formula is C25H31N7O2. The molecule has 0 unspecified atom stereocenters. The topological polar surface area (TPSA) is 110 Å². The summed E-state index contributed by atoms with van der Waals surface area (Å²) in [5.74, 6) is 1.76. The largest absolute Gasteiger partial charge is 0.376 e. The van der Waals surface area contributed by atoms with Crippen molar-refractivity contribution in [2.75, 3.05) is 36.0 Å². The molecule has 2 aromatic heterocycles. The molecule has 178 valence electrons. The summed E-state index contributed by atoms with van der Waals surface area (Å²) in [6.45, 7) is 7.60. The van der Waals surface area contributed by atoms with Gasteiger partial charge in [-0.15, -0.1) is 0 Å². The van der Waals surface area contributed by atoms with E-state index in [4.69, 9.17) is 25.4 Å². The van der Waals surface area contributed by atoms with Gasteiger partial charge in [-0.2, -0.15) is 0 Å². The molecule has 6 heterocycles. The van der Waals surface area contributed by atoms with Gasteiger partial charge in [0.25, 0.3) is 0 Å². The Hall–Kier alpha value is -2.91. The van der Waals surface area contributed by atoms with E-state index in [0.29, 0.717) is 12.2 Å². The summed E-state index contributed by atoms with van der Waals surface area (Å²) < 4.78 is 5.86. The lowest BCUT2D eigenvalue weighted by Gasteiger charge is -2.41. The summed E-state index contributed by atoms with van der Waals surface area (Å²) in [5.41, 5.74) is 10.8. The fourth-order valence-electron chi connectivity index (χ4n) is 5.82. The molecule has 0 saturated carbocycles. The highest BCUT2D eigenvalue weighted by atomic mass is 16.5. The number of hydrogen-bond acceptors (Lipinski definition) is 9. The first-order chi connectivity index (χ1) is 16.4. The van der Waals surface area contributed by atoms with E-state index in [-0.39, 0.29) is 23.3 Å². The maximum absolute atomic E-state index is 11.8. The third-order valence-electron chi connectivity index (χ3n) is 8.00. The molecule has 0 amide bonds. The third kappa shape index (κ3) is 3.41. The minimum absolute atomic E-state index is 0.0116. The average Bonchev–Trinajstić information content (AvgIpc) is 3.40. The van der Waals surface area contributed by atoms with Crippen LogP contribution in [0.1, 0.15) is 60.7 Å². The molecule has 2 fully saturated rings. The van der Waals surface area contributed by atoms with Gasteiger partial charge in [0.05, 0.1) is 42.5 Å². The summed E-state index contributed by atoms with van der Waals surface area (Å²) in [6.07, 6.45) is 5.86. The van der Waals surface area contributed by atoms with E-state index in [2.05, 4.69) is 21.7 Å². The predicted octanol–water partition coefficient (Wildman–Crippen LogP) is 2.12. The maximum Gasteiger partial charge on any atom is 0.178 e. The highest BCUT2D eigenvalue weighted by Crippen LogP contribution is 2.42. The van der Waals surface area contributed by atoms with Gasteiger partial charge in [-0.3, -0.25) is 9.79 Å². The number of rotatable bonds is 2. The van der Waals surface area contributed by atoms with E-state index in [1.165, 1.54) is 0 Å². The van der Waals surface area contributed by atoms with Gasteiger partial charge in [0.1, 0.15) is 17.2 Å². The molecule has 9 heteroatoms. The van der Waals surface area contributed by atoms with Gasteiger partial charge in [-0.05, 0) is 44.7 Å². The molecule has 0 aromatic carbocycles. The van der Waals surface area contributed by atoms with Crippen LogP contribution in [0.5, 0.6) is 0 Å². The van der Waals surface area contributed by atoms with Crippen molar-refractivity contribution in [3.05, 3.63) is 41.1 Å². The molecule has 1 spiro atoms. The molecule has 34 heavy (non-hydrogen) atoms. The number of ketones is 1. The number of carbonyl (C=O) groups is 1. The fourth-order valence-corrected chi connectivity index (χ4v) is 5.82. The van der Waals surface area contributed by atoms with Crippen molar-refractivity contribution in [3.63, 3.8) is 0 Å². The van der Waals surface area contributed by atoms with Crippen molar-refractivity contribution in [1.82, 2.24) is 15.0 Å². The Morgan fingerprint density at radius 1 is 1.18 bits per heavy atom. The first-order valence-corrected chi connectivity index (χ1v) is 12.3. The number of piperidine rings is 1. The maximum atomic E-state index is 11.8.